The number of amides is 1. The van der Waals surface area contributed by atoms with Crippen LogP contribution in [-0.4, -0.2) is 21.6 Å². The monoisotopic (exact) mass is 391 g/mol. The highest BCUT2D eigenvalue weighted by Crippen LogP contribution is 2.26. The van der Waals surface area contributed by atoms with Crippen LogP contribution in [0.15, 0.2) is 28.0 Å². The number of anilines is 2. The number of nitriles is 1. The molecular formula is C15H14BrN5OS. The first kappa shape index (κ1) is 17.2. The number of nitrogen functional groups attached to an aromatic ring is 1. The Hall–Kier alpha value is -2.11. The normalized spacial score (nSPS) is 10.2. The van der Waals surface area contributed by atoms with Crippen LogP contribution < -0.4 is 11.1 Å². The quantitative estimate of drug-likeness (QED) is 0.612. The highest BCUT2D eigenvalue weighted by atomic mass is 79.9. The van der Waals surface area contributed by atoms with Gasteiger partial charge in [0.1, 0.15) is 17.5 Å². The largest absolute Gasteiger partial charge is 0.382 e. The Balaban J connectivity index is 1.99. The average molecular weight is 392 g/mol. The number of nitrogens with one attached hydrogen (secondary N) is 1. The van der Waals surface area contributed by atoms with Gasteiger partial charge >= 0.3 is 0 Å². The zero-order valence-electron chi connectivity index (χ0n) is 12.6. The number of hydrogen-bond acceptors (Lipinski definition) is 6. The Morgan fingerprint density at radius 2 is 2.13 bits per heavy atom. The molecule has 0 saturated carbocycles. The molecule has 2 rings (SSSR count). The summed E-state index contributed by atoms with van der Waals surface area (Å²) in [7, 11) is 0. The molecule has 0 fully saturated rings. The molecule has 1 heterocycles. The summed E-state index contributed by atoms with van der Waals surface area (Å²) in [4.78, 5) is 20.0. The number of nitrogens with zero attached hydrogens (tertiary/aromatic N) is 3. The summed E-state index contributed by atoms with van der Waals surface area (Å²) in [6.07, 6.45) is 1.35. The van der Waals surface area contributed by atoms with E-state index in [1.54, 1.807) is 0 Å². The van der Waals surface area contributed by atoms with Crippen LogP contribution in [0.2, 0.25) is 0 Å². The van der Waals surface area contributed by atoms with E-state index in [-0.39, 0.29) is 23.0 Å². The third-order valence-corrected chi connectivity index (χ3v) is 4.62. The summed E-state index contributed by atoms with van der Waals surface area (Å²) in [5.41, 5.74) is 8.80. The molecule has 8 heteroatoms. The number of halogens is 1. The number of carbonyl (C=O) groups excluding carboxylic acids is 1. The van der Waals surface area contributed by atoms with Gasteiger partial charge in [-0.05, 0) is 53.0 Å². The van der Waals surface area contributed by atoms with Crippen LogP contribution in [0, 0.1) is 25.2 Å². The number of aryl methyl sites for hydroxylation is 2. The van der Waals surface area contributed by atoms with Gasteiger partial charge in [-0.3, -0.25) is 4.79 Å². The van der Waals surface area contributed by atoms with Crippen molar-refractivity contribution in [1.82, 2.24) is 9.97 Å². The number of nitrogens with two attached hydrogens (primary N) is 1. The number of thioether (sulfide) groups is 1. The van der Waals surface area contributed by atoms with Gasteiger partial charge < -0.3 is 11.1 Å². The second-order valence-electron chi connectivity index (χ2n) is 4.82. The van der Waals surface area contributed by atoms with Crippen molar-refractivity contribution in [2.75, 3.05) is 16.8 Å². The van der Waals surface area contributed by atoms with Gasteiger partial charge in [-0.2, -0.15) is 5.26 Å². The van der Waals surface area contributed by atoms with E-state index in [9.17, 15) is 4.79 Å². The predicted octanol–water partition coefficient (Wildman–Crippen LogP) is 3.04. The molecule has 1 aromatic carbocycles. The van der Waals surface area contributed by atoms with Crippen molar-refractivity contribution in [3.8, 4) is 6.07 Å². The van der Waals surface area contributed by atoms with Crippen LogP contribution in [0.3, 0.4) is 0 Å². The predicted molar refractivity (Wildman–Crippen MR) is 94.1 cm³/mol. The van der Waals surface area contributed by atoms with Gasteiger partial charge in [-0.25, -0.2) is 9.97 Å². The zero-order valence-corrected chi connectivity index (χ0v) is 15.0. The van der Waals surface area contributed by atoms with E-state index in [0.29, 0.717) is 5.16 Å². The molecule has 0 unspecified atom stereocenters. The fourth-order valence-electron chi connectivity index (χ4n) is 1.73. The van der Waals surface area contributed by atoms with Crippen molar-refractivity contribution in [1.29, 1.82) is 5.26 Å². The summed E-state index contributed by atoms with van der Waals surface area (Å²) in [5.74, 6) is 0.0813. The number of rotatable bonds is 4. The maximum atomic E-state index is 12.1. The second-order valence-corrected chi connectivity index (χ2v) is 6.61. The molecule has 1 aromatic heterocycles. The van der Waals surface area contributed by atoms with Gasteiger partial charge in [0.2, 0.25) is 5.91 Å². The van der Waals surface area contributed by atoms with Gasteiger partial charge in [0.05, 0.1) is 17.6 Å². The van der Waals surface area contributed by atoms with Crippen molar-refractivity contribution in [3.05, 3.63) is 39.5 Å². The lowest BCUT2D eigenvalue weighted by atomic mass is 10.1. The summed E-state index contributed by atoms with van der Waals surface area (Å²) in [6, 6.07) is 5.77. The average Bonchev–Trinajstić information content (AvgIpc) is 2.51. The number of benzene rings is 1. The molecule has 0 aliphatic rings. The standard InChI is InChI=1S/C15H14BrN5OS/c1-8-3-11(16)12(4-9(8)2)20-13(22)7-23-15-19-6-10(5-17)14(18)21-15/h3-4,6H,7H2,1-2H3,(H,20,22)(H2,18,19,21). The molecule has 0 atom stereocenters. The molecule has 118 valence electrons. The van der Waals surface area contributed by atoms with Crippen LogP contribution >= 0.6 is 27.7 Å². The van der Waals surface area contributed by atoms with E-state index >= 15 is 0 Å². The maximum absolute atomic E-state index is 12.1. The molecule has 0 aliphatic heterocycles. The molecule has 6 nitrogen and oxygen atoms in total. The smallest absolute Gasteiger partial charge is 0.234 e. The Kier molecular flexibility index (Phi) is 5.58. The van der Waals surface area contributed by atoms with Gasteiger partial charge in [0.25, 0.3) is 0 Å². The Bertz CT molecular complexity index is 803. The van der Waals surface area contributed by atoms with E-state index in [1.165, 1.54) is 6.20 Å². The van der Waals surface area contributed by atoms with Crippen LogP contribution in [0.5, 0.6) is 0 Å². The summed E-state index contributed by atoms with van der Waals surface area (Å²) in [6.45, 7) is 3.99. The van der Waals surface area contributed by atoms with Gasteiger partial charge in [0.15, 0.2) is 5.16 Å². The minimum atomic E-state index is -0.175. The van der Waals surface area contributed by atoms with Crippen molar-refractivity contribution in [2.45, 2.75) is 19.0 Å². The molecule has 0 saturated heterocycles. The topological polar surface area (TPSA) is 105 Å². The highest BCUT2D eigenvalue weighted by molar-refractivity contribution is 9.10. The molecule has 2 aromatic rings. The molecule has 0 bridgehead atoms. The number of aromatic nitrogens is 2. The lowest BCUT2D eigenvalue weighted by Crippen LogP contribution is -2.15. The summed E-state index contributed by atoms with van der Waals surface area (Å²) >= 11 is 4.59. The van der Waals surface area contributed by atoms with Gasteiger partial charge in [-0.15, -0.1) is 0 Å². The minimum Gasteiger partial charge on any atom is -0.382 e. The molecule has 0 spiro atoms. The van der Waals surface area contributed by atoms with Crippen LogP contribution in [0.1, 0.15) is 16.7 Å². The second kappa shape index (κ2) is 7.44. The fourth-order valence-corrected chi connectivity index (χ4v) is 2.91. The van der Waals surface area contributed by atoms with Crippen molar-refractivity contribution in [2.24, 2.45) is 0 Å². The Morgan fingerprint density at radius 1 is 1.43 bits per heavy atom. The first-order valence-corrected chi connectivity index (χ1v) is 8.40. The molecular weight excluding hydrogens is 378 g/mol. The molecule has 23 heavy (non-hydrogen) atoms. The fraction of sp³-hybridized carbons (Fsp3) is 0.200. The van der Waals surface area contributed by atoms with E-state index in [4.69, 9.17) is 11.0 Å². The maximum Gasteiger partial charge on any atom is 0.234 e. The van der Waals surface area contributed by atoms with E-state index in [1.807, 2.05) is 32.0 Å². The molecule has 3 N–H and O–H groups in total. The van der Waals surface area contributed by atoms with Gasteiger partial charge in [-0.1, -0.05) is 11.8 Å². The van der Waals surface area contributed by atoms with Gasteiger partial charge in [0, 0.05) is 4.47 Å². The zero-order chi connectivity index (χ0) is 17.0. The Morgan fingerprint density at radius 3 is 2.78 bits per heavy atom. The number of carbonyl (C=O) groups is 1. The SMILES string of the molecule is Cc1cc(Br)c(NC(=O)CSc2ncc(C#N)c(N)n2)cc1C. The summed E-state index contributed by atoms with van der Waals surface area (Å²) in [5, 5.41) is 12.0. The molecule has 0 radical (unpaired) electrons. The van der Waals surface area contributed by atoms with Crippen LogP contribution in [0.25, 0.3) is 0 Å². The molecule has 0 aliphatic carbocycles. The lowest BCUT2D eigenvalue weighted by Gasteiger charge is -2.10. The molecule has 1 amide bonds. The van der Waals surface area contributed by atoms with E-state index < -0.39 is 0 Å². The summed E-state index contributed by atoms with van der Waals surface area (Å²) < 4.78 is 0.831. The first-order valence-electron chi connectivity index (χ1n) is 6.62. The van der Waals surface area contributed by atoms with Crippen molar-refractivity contribution in [3.63, 3.8) is 0 Å². The van der Waals surface area contributed by atoms with Crippen LogP contribution in [0.4, 0.5) is 11.5 Å². The third kappa shape index (κ3) is 4.43. The number of hydrogen-bond donors (Lipinski definition) is 2. The van der Waals surface area contributed by atoms with Crippen molar-refractivity contribution >= 4 is 45.1 Å². The van der Waals surface area contributed by atoms with Crippen LogP contribution in [-0.2, 0) is 4.79 Å². The first-order chi connectivity index (χ1) is 10.9. The van der Waals surface area contributed by atoms with Crippen molar-refractivity contribution < 1.29 is 4.79 Å². The van der Waals surface area contributed by atoms with E-state index in [2.05, 4.69) is 31.2 Å². The highest BCUT2D eigenvalue weighted by Gasteiger charge is 2.10. The lowest BCUT2D eigenvalue weighted by molar-refractivity contribution is -0.113. The van der Waals surface area contributed by atoms with E-state index in [0.717, 1.165) is 33.0 Å². The Labute approximate surface area is 146 Å². The third-order valence-electron chi connectivity index (χ3n) is 3.11. The minimum absolute atomic E-state index is 0.113.